The molecule has 2 rings (SSSR count). The van der Waals surface area contributed by atoms with Gasteiger partial charge in [0.05, 0.1) is 6.61 Å². The Bertz CT molecular complexity index is 515. The van der Waals surface area contributed by atoms with Crippen LogP contribution in [0, 0.1) is 0 Å². The molecule has 0 atom stereocenters. The lowest BCUT2D eigenvalue weighted by Gasteiger charge is -1.95. The first-order valence-corrected chi connectivity index (χ1v) is 6.34. The molecule has 2 aromatic rings. The highest BCUT2D eigenvalue weighted by Crippen LogP contribution is 2.26. The van der Waals surface area contributed by atoms with Gasteiger partial charge in [0, 0.05) is 11.8 Å². The molecule has 0 spiro atoms. The van der Waals surface area contributed by atoms with E-state index in [0.717, 1.165) is 12.2 Å². The molecule has 0 N–H and O–H groups in total. The predicted molar refractivity (Wildman–Crippen MR) is 65.2 cm³/mol. The third-order valence-electron chi connectivity index (χ3n) is 2.21. The first kappa shape index (κ1) is 11.9. The number of nitrogens with zero attached hydrogens (tertiary/aromatic N) is 1. The van der Waals surface area contributed by atoms with Crippen molar-refractivity contribution in [1.82, 2.24) is 4.98 Å². The van der Waals surface area contributed by atoms with E-state index < -0.39 is 5.97 Å². The zero-order chi connectivity index (χ0) is 12.3. The third kappa shape index (κ3) is 2.55. The molecule has 0 saturated heterocycles. The summed E-state index contributed by atoms with van der Waals surface area (Å²) in [4.78, 5) is 15.6. The fourth-order valence-electron chi connectivity index (χ4n) is 1.37. The number of carbonyl (C=O) groups is 1. The second-order valence-electron chi connectivity index (χ2n) is 3.38. The van der Waals surface area contributed by atoms with Crippen LogP contribution in [-0.4, -0.2) is 17.6 Å². The Labute approximate surface area is 103 Å². The van der Waals surface area contributed by atoms with Gasteiger partial charge in [-0.2, -0.15) is 0 Å². The van der Waals surface area contributed by atoms with Crippen molar-refractivity contribution in [3.05, 3.63) is 29.0 Å². The van der Waals surface area contributed by atoms with Crippen molar-refractivity contribution in [2.75, 3.05) is 6.61 Å². The molecule has 90 valence electrons. The minimum Gasteiger partial charge on any atom is -0.461 e. The van der Waals surface area contributed by atoms with E-state index in [0.29, 0.717) is 23.1 Å². The van der Waals surface area contributed by atoms with Crippen molar-refractivity contribution in [1.29, 1.82) is 0 Å². The number of carbonyl (C=O) groups excluding carboxylic acids is 1. The topological polar surface area (TPSA) is 52.3 Å². The zero-order valence-corrected chi connectivity index (χ0v) is 10.5. The maximum atomic E-state index is 11.4. The average molecular weight is 251 g/mol. The van der Waals surface area contributed by atoms with E-state index >= 15 is 0 Å². The molecule has 0 fully saturated rings. The van der Waals surface area contributed by atoms with Crippen LogP contribution in [-0.2, 0) is 11.2 Å². The molecule has 0 unspecified atom stereocenters. The Balaban J connectivity index is 2.20. The maximum Gasteiger partial charge on any atom is 0.357 e. The standard InChI is InChI=1S/C12H13NO3S/c1-3-8-5-6-10(16-8)11-13-9(7-17-11)12(14)15-4-2/h5-7H,3-4H2,1-2H3. The number of esters is 1. The number of furan rings is 1. The summed E-state index contributed by atoms with van der Waals surface area (Å²) in [6, 6.07) is 3.79. The van der Waals surface area contributed by atoms with Gasteiger partial charge >= 0.3 is 5.97 Å². The number of thiazole rings is 1. The van der Waals surface area contributed by atoms with Crippen LogP contribution >= 0.6 is 11.3 Å². The largest absolute Gasteiger partial charge is 0.461 e. The highest BCUT2D eigenvalue weighted by molar-refractivity contribution is 7.13. The van der Waals surface area contributed by atoms with Crippen molar-refractivity contribution < 1.29 is 13.9 Å². The highest BCUT2D eigenvalue weighted by atomic mass is 32.1. The first-order valence-electron chi connectivity index (χ1n) is 5.46. The van der Waals surface area contributed by atoms with Crippen molar-refractivity contribution >= 4 is 17.3 Å². The first-order chi connectivity index (χ1) is 8.24. The monoisotopic (exact) mass is 251 g/mol. The van der Waals surface area contributed by atoms with E-state index in [9.17, 15) is 4.79 Å². The van der Waals surface area contributed by atoms with Gasteiger partial charge in [0.15, 0.2) is 16.5 Å². The molecule has 0 aliphatic rings. The quantitative estimate of drug-likeness (QED) is 0.783. The van der Waals surface area contributed by atoms with Crippen LogP contribution in [0.4, 0.5) is 0 Å². The Hall–Kier alpha value is -1.62. The number of rotatable bonds is 4. The molecule has 2 heterocycles. The second-order valence-corrected chi connectivity index (χ2v) is 4.24. The van der Waals surface area contributed by atoms with Crippen molar-refractivity contribution in [2.45, 2.75) is 20.3 Å². The minimum atomic E-state index is -0.391. The third-order valence-corrected chi connectivity index (χ3v) is 3.07. The summed E-state index contributed by atoms with van der Waals surface area (Å²) in [5.41, 5.74) is 0.335. The Kier molecular flexibility index (Phi) is 3.58. The average Bonchev–Trinajstić information content (AvgIpc) is 2.98. The molecule has 0 aliphatic carbocycles. The van der Waals surface area contributed by atoms with Crippen LogP contribution < -0.4 is 0 Å². The van der Waals surface area contributed by atoms with Gasteiger partial charge in [0.1, 0.15) is 5.76 Å². The summed E-state index contributed by atoms with van der Waals surface area (Å²) in [6.07, 6.45) is 0.843. The van der Waals surface area contributed by atoms with E-state index in [2.05, 4.69) is 4.98 Å². The lowest BCUT2D eigenvalue weighted by atomic mass is 10.4. The molecule has 0 bridgehead atoms. The van der Waals surface area contributed by atoms with E-state index in [1.54, 1.807) is 12.3 Å². The SMILES string of the molecule is CCOC(=O)c1csc(-c2ccc(CC)o2)n1. The normalized spacial score (nSPS) is 10.5. The second kappa shape index (κ2) is 5.14. The summed E-state index contributed by atoms with van der Waals surface area (Å²) < 4.78 is 10.4. The summed E-state index contributed by atoms with van der Waals surface area (Å²) >= 11 is 1.37. The maximum absolute atomic E-state index is 11.4. The lowest BCUT2D eigenvalue weighted by Crippen LogP contribution is -2.04. The van der Waals surface area contributed by atoms with Crippen LogP contribution in [0.1, 0.15) is 30.1 Å². The molecule has 4 nitrogen and oxygen atoms in total. The Morgan fingerprint density at radius 2 is 2.29 bits per heavy atom. The molecule has 0 aromatic carbocycles. The van der Waals surface area contributed by atoms with Crippen molar-refractivity contribution in [3.63, 3.8) is 0 Å². The fourth-order valence-corrected chi connectivity index (χ4v) is 2.12. The number of aryl methyl sites for hydroxylation is 1. The van der Waals surface area contributed by atoms with Gasteiger partial charge in [0.25, 0.3) is 0 Å². The van der Waals surface area contributed by atoms with E-state index in [-0.39, 0.29) is 0 Å². The van der Waals surface area contributed by atoms with Gasteiger partial charge in [-0.05, 0) is 19.1 Å². The van der Waals surface area contributed by atoms with Crippen LogP contribution in [0.25, 0.3) is 10.8 Å². The van der Waals surface area contributed by atoms with Crippen LogP contribution in [0.3, 0.4) is 0 Å². The Morgan fingerprint density at radius 1 is 1.47 bits per heavy atom. The number of hydrogen-bond donors (Lipinski definition) is 0. The number of aromatic nitrogens is 1. The minimum absolute atomic E-state index is 0.335. The Morgan fingerprint density at radius 3 is 2.94 bits per heavy atom. The van der Waals surface area contributed by atoms with Gasteiger partial charge in [-0.15, -0.1) is 11.3 Å². The molecule has 0 aliphatic heterocycles. The number of ether oxygens (including phenoxy) is 1. The van der Waals surface area contributed by atoms with Gasteiger partial charge in [0.2, 0.25) is 0 Å². The smallest absolute Gasteiger partial charge is 0.357 e. The summed E-state index contributed by atoms with van der Waals surface area (Å²) in [5.74, 6) is 1.22. The lowest BCUT2D eigenvalue weighted by molar-refractivity contribution is 0.0520. The highest BCUT2D eigenvalue weighted by Gasteiger charge is 2.14. The molecule has 0 amide bonds. The molecule has 0 radical (unpaired) electrons. The van der Waals surface area contributed by atoms with E-state index in [4.69, 9.17) is 9.15 Å². The van der Waals surface area contributed by atoms with E-state index in [1.165, 1.54) is 11.3 Å². The summed E-state index contributed by atoms with van der Waals surface area (Å²) in [6.45, 7) is 4.15. The summed E-state index contributed by atoms with van der Waals surface area (Å²) in [7, 11) is 0. The van der Waals surface area contributed by atoms with Gasteiger partial charge in [-0.1, -0.05) is 6.92 Å². The number of hydrogen-bond acceptors (Lipinski definition) is 5. The summed E-state index contributed by atoms with van der Waals surface area (Å²) in [5, 5.41) is 2.38. The van der Waals surface area contributed by atoms with Crippen LogP contribution in [0.15, 0.2) is 21.9 Å². The molecular formula is C12H13NO3S. The molecule has 5 heteroatoms. The van der Waals surface area contributed by atoms with Gasteiger partial charge < -0.3 is 9.15 Å². The van der Waals surface area contributed by atoms with Gasteiger partial charge in [-0.3, -0.25) is 0 Å². The van der Waals surface area contributed by atoms with Gasteiger partial charge in [-0.25, -0.2) is 9.78 Å². The molecule has 0 saturated carbocycles. The van der Waals surface area contributed by atoms with E-state index in [1.807, 2.05) is 19.1 Å². The molecule has 17 heavy (non-hydrogen) atoms. The molecule has 2 aromatic heterocycles. The van der Waals surface area contributed by atoms with Crippen LogP contribution in [0.2, 0.25) is 0 Å². The fraction of sp³-hybridized carbons (Fsp3) is 0.333. The molecular weight excluding hydrogens is 238 g/mol. The predicted octanol–water partition coefficient (Wildman–Crippen LogP) is 3.14. The van der Waals surface area contributed by atoms with Crippen molar-refractivity contribution in [2.24, 2.45) is 0 Å². The van der Waals surface area contributed by atoms with Crippen molar-refractivity contribution in [3.8, 4) is 10.8 Å². The van der Waals surface area contributed by atoms with Crippen LogP contribution in [0.5, 0.6) is 0 Å². The zero-order valence-electron chi connectivity index (χ0n) is 9.73.